The van der Waals surface area contributed by atoms with E-state index in [0.717, 1.165) is 5.56 Å². The number of nitrogens with zero attached hydrogens (tertiary/aromatic N) is 1. The average molecular weight is 299 g/mol. The van der Waals surface area contributed by atoms with Crippen molar-refractivity contribution >= 4 is 15.5 Å². The van der Waals surface area contributed by atoms with Crippen LogP contribution in [0.15, 0.2) is 64.6 Å². The Hall–Kier alpha value is -2.14. The lowest BCUT2D eigenvalue weighted by Crippen LogP contribution is -2.38. The van der Waals surface area contributed by atoms with Crippen LogP contribution in [0.5, 0.6) is 0 Å². The highest BCUT2D eigenvalue weighted by Crippen LogP contribution is 2.50. The molecular weight excluding hydrogens is 286 g/mol. The van der Waals surface area contributed by atoms with E-state index in [9.17, 15) is 8.42 Å². The minimum atomic E-state index is -3.49. The molecule has 0 saturated heterocycles. The normalized spacial score (nSPS) is 28.4. The third-order valence-corrected chi connectivity index (χ3v) is 6.45. The van der Waals surface area contributed by atoms with Crippen molar-refractivity contribution in [3.63, 3.8) is 0 Å². The summed E-state index contributed by atoms with van der Waals surface area (Å²) in [6, 6.07) is 16.3. The van der Waals surface area contributed by atoms with Crippen molar-refractivity contribution in [1.82, 2.24) is 0 Å². The first kappa shape index (κ1) is 12.6. The number of fused-ring (bicyclic) bond motifs is 3. The molecule has 4 nitrogen and oxygen atoms in total. The molecule has 0 aliphatic carbocycles. The van der Waals surface area contributed by atoms with Gasteiger partial charge in [0.15, 0.2) is 20.7 Å². The average Bonchev–Trinajstić information content (AvgIpc) is 2.94. The van der Waals surface area contributed by atoms with Crippen LogP contribution in [0, 0.1) is 0 Å². The quantitative estimate of drug-likeness (QED) is 0.813. The molecule has 0 radical (unpaired) electrons. The number of hydrogen-bond acceptors (Lipinski definition) is 4. The molecule has 106 valence electrons. The van der Waals surface area contributed by atoms with Gasteiger partial charge in [-0.05, 0) is 13.0 Å². The lowest BCUT2D eigenvalue weighted by atomic mass is 9.89. The molecule has 2 aliphatic heterocycles. The lowest BCUT2D eigenvalue weighted by molar-refractivity contribution is -0.00377. The summed E-state index contributed by atoms with van der Waals surface area (Å²) in [5.41, 5.74) is 1.00. The van der Waals surface area contributed by atoms with Crippen molar-refractivity contribution in [3.05, 3.63) is 65.7 Å². The number of oxime groups is 1. The second kappa shape index (κ2) is 3.95. The first-order valence-corrected chi connectivity index (χ1v) is 8.25. The van der Waals surface area contributed by atoms with E-state index in [1.54, 1.807) is 25.1 Å². The summed E-state index contributed by atoms with van der Waals surface area (Å²) in [6.07, 6.45) is 0. The fourth-order valence-electron chi connectivity index (χ4n) is 3.20. The van der Waals surface area contributed by atoms with Crippen molar-refractivity contribution in [3.8, 4) is 0 Å². The maximum atomic E-state index is 12.9. The van der Waals surface area contributed by atoms with Crippen LogP contribution in [0.2, 0.25) is 0 Å². The summed E-state index contributed by atoms with van der Waals surface area (Å²) in [5.74, 6) is 0. The van der Waals surface area contributed by atoms with Crippen LogP contribution in [0.1, 0.15) is 18.1 Å². The summed E-state index contributed by atoms with van der Waals surface area (Å²) in [7, 11) is -3.49. The van der Waals surface area contributed by atoms with Crippen molar-refractivity contribution in [2.75, 3.05) is 0 Å². The van der Waals surface area contributed by atoms with E-state index in [0.29, 0.717) is 16.2 Å². The largest absolute Gasteiger partial charge is 0.382 e. The van der Waals surface area contributed by atoms with Gasteiger partial charge in [0.05, 0.1) is 4.90 Å². The Morgan fingerprint density at radius 2 is 1.71 bits per heavy atom. The summed E-state index contributed by atoms with van der Waals surface area (Å²) < 4.78 is 25.8. The summed E-state index contributed by atoms with van der Waals surface area (Å²) >= 11 is 0. The Morgan fingerprint density at radius 3 is 2.48 bits per heavy atom. The Morgan fingerprint density at radius 1 is 1.05 bits per heavy atom. The number of hydrogen-bond donors (Lipinski definition) is 0. The third-order valence-electron chi connectivity index (χ3n) is 4.19. The van der Waals surface area contributed by atoms with Crippen molar-refractivity contribution in [1.29, 1.82) is 0 Å². The lowest BCUT2D eigenvalue weighted by Gasteiger charge is -2.21. The highest BCUT2D eigenvalue weighted by Gasteiger charge is 2.61. The summed E-state index contributed by atoms with van der Waals surface area (Å²) in [4.78, 5) is 5.95. The maximum absolute atomic E-state index is 12.9. The topological polar surface area (TPSA) is 55.7 Å². The minimum Gasteiger partial charge on any atom is -0.382 e. The van der Waals surface area contributed by atoms with Crippen LogP contribution in [-0.4, -0.2) is 19.4 Å². The minimum absolute atomic E-state index is 0.348. The van der Waals surface area contributed by atoms with Gasteiger partial charge in [-0.1, -0.05) is 53.7 Å². The molecule has 0 saturated carbocycles. The molecular formula is C16H13NO3S. The molecule has 2 unspecified atom stereocenters. The van der Waals surface area contributed by atoms with Crippen molar-refractivity contribution < 1.29 is 13.3 Å². The molecule has 2 aliphatic rings. The molecule has 2 aromatic carbocycles. The molecule has 0 N–H and O–H groups in total. The smallest absolute Gasteiger partial charge is 0.191 e. The zero-order valence-corrected chi connectivity index (χ0v) is 12.2. The summed E-state index contributed by atoms with van der Waals surface area (Å²) in [6.45, 7) is 1.79. The fourth-order valence-corrected chi connectivity index (χ4v) is 5.53. The van der Waals surface area contributed by atoms with Gasteiger partial charge in [0.25, 0.3) is 0 Å². The van der Waals surface area contributed by atoms with Crippen LogP contribution in [0.25, 0.3) is 0 Å². The van der Waals surface area contributed by atoms with Crippen LogP contribution >= 0.6 is 0 Å². The van der Waals surface area contributed by atoms with Gasteiger partial charge in [-0.2, -0.15) is 0 Å². The van der Waals surface area contributed by atoms with E-state index < -0.39 is 20.7 Å². The second-order valence-corrected chi connectivity index (χ2v) is 7.46. The molecule has 5 heteroatoms. The molecule has 0 amide bonds. The van der Waals surface area contributed by atoms with Crippen LogP contribution in [0.3, 0.4) is 0 Å². The highest BCUT2D eigenvalue weighted by molar-refractivity contribution is 7.93. The Kier molecular flexibility index (Phi) is 2.37. The Labute approximate surface area is 123 Å². The molecule has 0 bridgehead atoms. The molecule has 4 rings (SSSR count). The Balaban J connectivity index is 1.95. The number of rotatable bonds is 1. The number of sulfone groups is 1. The first-order chi connectivity index (χ1) is 10.0. The third kappa shape index (κ3) is 1.49. The monoisotopic (exact) mass is 299 g/mol. The van der Waals surface area contributed by atoms with Gasteiger partial charge in [0, 0.05) is 11.1 Å². The Bertz CT molecular complexity index is 858. The van der Waals surface area contributed by atoms with Gasteiger partial charge < -0.3 is 4.84 Å². The molecule has 2 heterocycles. The zero-order chi connectivity index (χ0) is 14.7. The molecule has 0 fully saturated rings. The van der Waals surface area contributed by atoms with Gasteiger partial charge in [-0.15, -0.1) is 0 Å². The number of benzene rings is 2. The van der Waals surface area contributed by atoms with Crippen molar-refractivity contribution in [2.24, 2.45) is 5.16 Å². The SMILES string of the molecule is CC12ON=C(c3ccccc3)C1S(=O)(=O)c1ccccc12. The zero-order valence-electron chi connectivity index (χ0n) is 11.4. The van der Waals surface area contributed by atoms with Crippen molar-refractivity contribution in [2.45, 2.75) is 22.7 Å². The molecule has 2 atom stereocenters. The summed E-state index contributed by atoms with van der Waals surface area (Å²) in [5, 5.41) is 3.31. The van der Waals surface area contributed by atoms with Gasteiger partial charge in [-0.3, -0.25) is 0 Å². The van der Waals surface area contributed by atoms with Crippen LogP contribution in [-0.2, 0) is 20.3 Å². The molecule has 0 aromatic heterocycles. The van der Waals surface area contributed by atoms with E-state index in [4.69, 9.17) is 4.84 Å². The predicted molar refractivity (Wildman–Crippen MR) is 78.8 cm³/mol. The fraction of sp³-hybridized carbons (Fsp3) is 0.188. The second-order valence-electron chi connectivity index (χ2n) is 5.46. The van der Waals surface area contributed by atoms with Gasteiger partial charge in [0.1, 0.15) is 5.71 Å². The van der Waals surface area contributed by atoms with E-state index in [2.05, 4.69) is 5.16 Å². The predicted octanol–water partition coefficient (Wildman–Crippen LogP) is 2.49. The molecule has 0 spiro atoms. The van der Waals surface area contributed by atoms with E-state index >= 15 is 0 Å². The standard InChI is InChI=1S/C16H13NO3S/c1-16-12-9-5-6-10-13(12)21(18,19)15(16)14(17-20-16)11-7-3-2-4-8-11/h2-10,15H,1H3. The van der Waals surface area contributed by atoms with Gasteiger partial charge in [0.2, 0.25) is 0 Å². The van der Waals surface area contributed by atoms with E-state index in [-0.39, 0.29) is 0 Å². The van der Waals surface area contributed by atoms with Crippen LogP contribution in [0.4, 0.5) is 0 Å². The first-order valence-electron chi connectivity index (χ1n) is 6.70. The van der Waals surface area contributed by atoms with Gasteiger partial charge in [-0.25, -0.2) is 8.42 Å². The molecule has 21 heavy (non-hydrogen) atoms. The van der Waals surface area contributed by atoms with E-state index in [1.807, 2.05) is 36.4 Å². The van der Waals surface area contributed by atoms with Crippen LogP contribution < -0.4 is 0 Å². The van der Waals surface area contributed by atoms with E-state index in [1.165, 1.54) is 0 Å². The maximum Gasteiger partial charge on any atom is 0.191 e. The molecule has 2 aromatic rings. The van der Waals surface area contributed by atoms with Gasteiger partial charge >= 0.3 is 0 Å². The highest BCUT2D eigenvalue weighted by atomic mass is 32.2.